The van der Waals surface area contributed by atoms with Crippen LogP contribution in [-0.4, -0.2) is 46.9 Å². The van der Waals surface area contributed by atoms with Crippen LogP contribution in [0.25, 0.3) is 0 Å². The summed E-state index contributed by atoms with van der Waals surface area (Å²) in [6, 6.07) is -0.709. The fraction of sp³-hybridized carbons (Fsp3) is 0.831. The Bertz CT molecular complexity index is 1110. The molecule has 0 aliphatic rings. The molecule has 0 aromatic heterocycles. The first-order valence-electron chi connectivity index (χ1n) is 28.4. The van der Waals surface area contributed by atoms with E-state index in [9.17, 15) is 19.8 Å². The summed E-state index contributed by atoms with van der Waals surface area (Å²) >= 11 is 0. The van der Waals surface area contributed by atoms with E-state index in [0.717, 1.165) is 89.9 Å². The molecule has 0 fully saturated rings. The molecule has 0 saturated carbocycles. The Morgan fingerprint density at radius 2 is 0.785 bits per heavy atom. The first-order valence-corrected chi connectivity index (χ1v) is 28.4. The fourth-order valence-electron chi connectivity index (χ4n) is 8.55. The lowest BCUT2D eigenvalue weighted by atomic mass is 10.0. The molecule has 0 heterocycles. The molecule has 0 radical (unpaired) electrons. The van der Waals surface area contributed by atoms with Crippen LogP contribution in [0.2, 0.25) is 0 Å². The summed E-state index contributed by atoms with van der Waals surface area (Å²) < 4.78 is 5.93. The van der Waals surface area contributed by atoms with Crippen LogP contribution < -0.4 is 5.32 Å². The molecule has 3 N–H and O–H groups in total. The Morgan fingerprint density at radius 3 is 1.25 bits per heavy atom. The van der Waals surface area contributed by atoms with Crippen LogP contribution in [-0.2, 0) is 14.3 Å². The first-order chi connectivity index (χ1) is 32.0. The number of aliphatic hydroxyl groups is 2. The Labute approximate surface area is 404 Å². The van der Waals surface area contributed by atoms with Gasteiger partial charge in [0.25, 0.3) is 0 Å². The molecule has 0 aliphatic carbocycles. The Morgan fingerprint density at radius 1 is 0.446 bits per heavy atom. The number of ether oxygens (including phenoxy) is 1. The molecule has 0 aromatic carbocycles. The Hall–Kier alpha value is -2.18. The number of hydrogen-bond donors (Lipinski definition) is 3. The van der Waals surface area contributed by atoms with Crippen molar-refractivity contribution in [1.29, 1.82) is 0 Å². The van der Waals surface area contributed by atoms with E-state index in [1.807, 2.05) is 0 Å². The molecule has 3 atom stereocenters. The van der Waals surface area contributed by atoms with Gasteiger partial charge in [-0.05, 0) is 89.9 Å². The average molecular weight is 913 g/mol. The molecule has 6 nitrogen and oxygen atoms in total. The molecule has 0 rings (SSSR count). The number of carbonyl (C=O) groups excluding carboxylic acids is 2. The number of unbranched alkanes of at least 4 members (excludes halogenated alkanes) is 31. The summed E-state index contributed by atoms with van der Waals surface area (Å²) in [7, 11) is 0. The molecule has 0 spiro atoms. The number of hydrogen-bond acceptors (Lipinski definition) is 5. The molecule has 65 heavy (non-hydrogen) atoms. The lowest BCUT2D eigenvalue weighted by Crippen LogP contribution is -2.46. The predicted molar refractivity (Wildman–Crippen MR) is 282 cm³/mol. The lowest BCUT2D eigenvalue weighted by molar-refractivity contribution is -0.151. The van der Waals surface area contributed by atoms with Gasteiger partial charge in [-0.25, -0.2) is 0 Å². The number of nitrogens with one attached hydrogen (secondary N) is 1. The quantitative estimate of drug-likeness (QED) is 0.0321. The standard InChI is InChI=1S/C59H109NO5/c1-4-7-10-13-16-19-22-24-26-28-29-31-33-35-37-40-43-46-49-52-59(64)65-55(50-47-44-41-38-21-18-15-12-9-6-3)53-58(63)60-56(54-61)57(62)51-48-45-42-39-36-34-32-30-27-25-23-20-17-14-11-8-5-2/h16,18-19,21,24,26,29,31,55-57,61-62H,4-15,17,20,22-23,25,27-28,30,32-54H2,1-3H3,(H,60,63)/b19-16-,21-18-,26-24-,31-29-. The third kappa shape index (κ3) is 48.1. The largest absolute Gasteiger partial charge is 0.462 e. The van der Waals surface area contributed by atoms with E-state index in [1.165, 1.54) is 154 Å². The molecule has 0 saturated heterocycles. The second kappa shape index (κ2) is 52.8. The Kier molecular flexibility index (Phi) is 51.0. The number of allylic oxidation sites excluding steroid dienone is 8. The van der Waals surface area contributed by atoms with Crippen LogP contribution in [0.3, 0.4) is 0 Å². The molecule has 0 aromatic rings. The highest BCUT2D eigenvalue weighted by Crippen LogP contribution is 2.18. The maximum absolute atomic E-state index is 13.2. The molecule has 3 unspecified atom stereocenters. The summed E-state index contributed by atoms with van der Waals surface area (Å²) in [4.78, 5) is 26.2. The fourth-order valence-corrected chi connectivity index (χ4v) is 8.55. The molecular formula is C59H109NO5. The van der Waals surface area contributed by atoms with Crippen molar-refractivity contribution < 1.29 is 24.5 Å². The van der Waals surface area contributed by atoms with Gasteiger partial charge in [-0.15, -0.1) is 0 Å². The van der Waals surface area contributed by atoms with Gasteiger partial charge in [0, 0.05) is 6.42 Å². The summed E-state index contributed by atoms with van der Waals surface area (Å²) in [5.74, 6) is -0.497. The zero-order valence-electron chi connectivity index (χ0n) is 43.4. The predicted octanol–water partition coefficient (Wildman–Crippen LogP) is 17.4. The molecular weight excluding hydrogens is 803 g/mol. The van der Waals surface area contributed by atoms with E-state index < -0.39 is 18.2 Å². The van der Waals surface area contributed by atoms with Crippen molar-refractivity contribution >= 4 is 11.9 Å². The van der Waals surface area contributed by atoms with Crippen LogP contribution in [0.4, 0.5) is 0 Å². The van der Waals surface area contributed by atoms with Crippen molar-refractivity contribution in [3.8, 4) is 0 Å². The average Bonchev–Trinajstić information content (AvgIpc) is 3.30. The summed E-state index contributed by atoms with van der Waals surface area (Å²) in [6.45, 7) is 6.44. The van der Waals surface area contributed by atoms with E-state index in [2.05, 4.69) is 74.7 Å². The van der Waals surface area contributed by atoms with Gasteiger partial charge >= 0.3 is 5.97 Å². The van der Waals surface area contributed by atoms with Crippen LogP contribution in [0, 0.1) is 0 Å². The van der Waals surface area contributed by atoms with Gasteiger partial charge in [0.15, 0.2) is 0 Å². The summed E-state index contributed by atoms with van der Waals surface area (Å²) in [5, 5.41) is 23.8. The molecule has 0 bridgehead atoms. The maximum Gasteiger partial charge on any atom is 0.306 e. The highest BCUT2D eigenvalue weighted by atomic mass is 16.5. The minimum absolute atomic E-state index is 0.0622. The van der Waals surface area contributed by atoms with Crippen LogP contribution in [0.5, 0.6) is 0 Å². The maximum atomic E-state index is 13.2. The second-order valence-corrected chi connectivity index (χ2v) is 19.3. The second-order valence-electron chi connectivity index (χ2n) is 19.3. The number of rotatable bonds is 51. The third-order valence-corrected chi connectivity index (χ3v) is 12.9. The zero-order valence-corrected chi connectivity index (χ0v) is 43.4. The van der Waals surface area contributed by atoms with Crippen LogP contribution in [0.15, 0.2) is 48.6 Å². The molecule has 1 amide bonds. The van der Waals surface area contributed by atoms with Crippen LogP contribution >= 0.6 is 0 Å². The van der Waals surface area contributed by atoms with E-state index >= 15 is 0 Å². The number of esters is 1. The van der Waals surface area contributed by atoms with Crippen molar-refractivity contribution in [3.05, 3.63) is 48.6 Å². The minimum atomic E-state index is -0.794. The van der Waals surface area contributed by atoms with Crippen molar-refractivity contribution in [1.82, 2.24) is 5.32 Å². The van der Waals surface area contributed by atoms with E-state index in [4.69, 9.17) is 4.74 Å². The highest BCUT2D eigenvalue weighted by Gasteiger charge is 2.24. The summed E-state index contributed by atoms with van der Waals surface area (Å²) in [6.07, 6.45) is 64.6. The molecule has 380 valence electrons. The van der Waals surface area contributed by atoms with E-state index in [0.29, 0.717) is 19.3 Å². The number of aliphatic hydroxyl groups excluding tert-OH is 2. The van der Waals surface area contributed by atoms with E-state index in [1.54, 1.807) is 0 Å². The number of amides is 1. The van der Waals surface area contributed by atoms with Gasteiger partial charge < -0.3 is 20.3 Å². The van der Waals surface area contributed by atoms with Gasteiger partial charge in [0.05, 0.1) is 25.2 Å². The SMILES string of the molecule is CCCCC/C=C\C/C=C\C/C=C\CCCCCCCCC(=O)OC(CCCCC/C=C\CCCCC)CC(=O)NC(CO)C(O)CCCCCCCCCCCCCCCCCCC. The monoisotopic (exact) mass is 912 g/mol. The summed E-state index contributed by atoms with van der Waals surface area (Å²) in [5.41, 5.74) is 0. The third-order valence-electron chi connectivity index (χ3n) is 12.9. The smallest absolute Gasteiger partial charge is 0.306 e. The minimum Gasteiger partial charge on any atom is -0.462 e. The topological polar surface area (TPSA) is 95.9 Å². The first kappa shape index (κ1) is 62.8. The van der Waals surface area contributed by atoms with Crippen molar-refractivity contribution in [2.45, 2.75) is 309 Å². The van der Waals surface area contributed by atoms with Gasteiger partial charge in [-0.2, -0.15) is 0 Å². The molecule has 0 aliphatic heterocycles. The van der Waals surface area contributed by atoms with E-state index in [-0.39, 0.29) is 24.9 Å². The van der Waals surface area contributed by atoms with Gasteiger partial charge in [-0.3, -0.25) is 9.59 Å². The Balaban J connectivity index is 4.45. The lowest BCUT2D eigenvalue weighted by Gasteiger charge is -2.24. The van der Waals surface area contributed by atoms with Gasteiger partial charge in [0.1, 0.15) is 6.10 Å². The number of carbonyl (C=O) groups is 2. The van der Waals surface area contributed by atoms with Crippen molar-refractivity contribution in [2.75, 3.05) is 6.61 Å². The van der Waals surface area contributed by atoms with Crippen LogP contribution in [0.1, 0.15) is 290 Å². The molecule has 6 heteroatoms. The normalized spacial score (nSPS) is 13.5. The van der Waals surface area contributed by atoms with Crippen molar-refractivity contribution in [2.24, 2.45) is 0 Å². The highest BCUT2D eigenvalue weighted by molar-refractivity contribution is 5.77. The van der Waals surface area contributed by atoms with Gasteiger partial charge in [-0.1, -0.05) is 236 Å². The van der Waals surface area contributed by atoms with Gasteiger partial charge in [0.2, 0.25) is 5.91 Å². The zero-order chi connectivity index (χ0) is 47.4. The van der Waals surface area contributed by atoms with Crippen molar-refractivity contribution in [3.63, 3.8) is 0 Å².